The SMILES string of the molecule is COc1ccc2[nH]cc(C3CCN(C(=O)CS(=O)(=O)CCCc4ccccc4)CC3)c2c1. The number of nitrogens with zero attached hydrogens (tertiary/aromatic N) is 1. The van der Waals surface area contributed by atoms with Crippen LogP contribution in [-0.4, -0.2) is 55.9 Å². The Morgan fingerprint density at radius 2 is 1.88 bits per heavy atom. The van der Waals surface area contributed by atoms with Crippen LogP contribution in [0.15, 0.2) is 54.7 Å². The number of methoxy groups -OCH3 is 1. The van der Waals surface area contributed by atoms with Crippen molar-refractivity contribution in [3.05, 3.63) is 65.9 Å². The van der Waals surface area contributed by atoms with E-state index in [-0.39, 0.29) is 11.7 Å². The van der Waals surface area contributed by atoms with Gasteiger partial charge in [-0.1, -0.05) is 30.3 Å². The van der Waals surface area contributed by atoms with Gasteiger partial charge < -0.3 is 14.6 Å². The fourth-order valence-corrected chi connectivity index (χ4v) is 5.81. The van der Waals surface area contributed by atoms with Crippen molar-refractivity contribution in [2.75, 3.05) is 31.7 Å². The molecule has 1 aliphatic rings. The van der Waals surface area contributed by atoms with E-state index in [4.69, 9.17) is 4.74 Å². The molecule has 1 saturated heterocycles. The molecule has 1 amide bonds. The second kappa shape index (κ2) is 9.77. The van der Waals surface area contributed by atoms with Gasteiger partial charge in [0.25, 0.3) is 0 Å². The Hall–Kier alpha value is -2.80. The average Bonchev–Trinajstić information content (AvgIpc) is 3.22. The molecule has 0 unspecified atom stereocenters. The number of ether oxygens (including phenoxy) is 1. The summed E-state index contributed by atoms with van der Waals surface area (Å²) in [6.07, 6.45) is 4.93. The van der Waals surface area contributed by atoms with Crippen LogP contribution in [0.3, 0.4) is 0 Å². The molecule has 0 bridgehead atoms. The molecule has 0 saturated carbocycles. The number of likely N-dealkylation sites (tertiary alicyclic amines) is 1. The number of aromatic amines is 1. The second-order valence-corrected chi connectivity index (χ2v) is 10.7. The predicted molar refractivity (Wildman–Crippen MR) is 127 cm³/mol. The molecular weight excluding hydrogens is 424 g/mol. The molecule has 0 radical (unpaired) electrons. The number of benzene rings is 2. The lowest BCUT2D eigenvalue weighted by molar-refractivity contribution is -0.129. The number of aromatic nitrogens is 1. The summed E-state index contributed by atoms with van der Waals surface area (Å²) in [5, 5.41) is 1.15. The van der Waals surface area contributed by atoms with Crippen LogP contribution >= 0.6 is 0 Å². The van der Waals surface area contributed by atoms with Crippen LogP contribution in [-0.2, 0) is 21.1 Å². The molecule has 2 heterocycles. The van der Waals surface area contributed by atoms with Gasteiger partial charge in [0.2, 0.25) is 5.91 Å². The van der Waals surface area contributed by atoms with Crippen molar-refractivity contribution in [1.82, 2.24) is 9.88 Å². The Morgan fingerprint density at radius 3 is 2.59 bits per heavy atom. The molecule has 6 nitrogen and oxygen atoms in total. The van der Waals surface area contributed by atoms with Gasteiger partial charge in [0.1, 0.15) is 11.5 Å². The third-order valence-corrected chi connectivity index (χ3v) is 7.91. The number of aryl methyl sites for hydroxylation is 1. The Bertz CT molecular complexity index is 1160. The zero-order valence-electron chi connectivity index (χ0n) is 18.4. The smallest absolute Gasteiger partial charge is 0.237 e. The van der Waals surface area contributed by atoms with E-state index in [1.807, 2.05) is 54.7 Å². The highest BCUT2D eigenvalue weighted by Crippen LogP contribution is 2.34. The molecule has 1 aliphatic heterocycles. The summed E-state index contributed by atoms with van der Waals surface area (Å²) in [4.78, 5) is 17.7. The predicted octanol–water partition coefficient (Wildman–Crippen LogP) is 3.93. The van der Waals surface area contributed by atoms with Crippen LogP contribution in [0.25, 0.3) is 10.9 Å². The average molecular weight is 455 g/mol. The van der Waals surface area contributed by atoms with Gasteiger partial charge in [-0.25, -0.2) is 8.42 Å². The molecule has 0 aliphatic carbocycles. The number of amides is 1. The molecule has 3 aromatic rings. The first-order chi connectivity index (χ1) is 15.4. The highest BCUT2D eigenvalue weighted by atomic mass is 32.2. The van der Waals surface area contributed by atoms with Crippen LogP contribution in [0.2, 0.25) is 0 Å². The Labute approximate surface area is 189 Å². The summed E-state index contributed by atoms with van der Waals surface area (Å²) in [5.74, 6) is 0.535. The summed E-state index contributed by atoms with van der Waals surface area (Å²) in [6.45, 7) is 1.17. The van der Waals surface area contributed by atoms with Crippen LogP contribution in [0.4, 0.5) is 0 Å². The first kappa shape index (κ1) is 22.4. The van der Waals surface area contributed by atoms with Crippen LogP contribution in [0.1, 0.15) is 36.3 Å². The molecule has 1 N–H and O–H groups in total. The topological polar surface area (TPSA) is 79.5 Å². The number of carbonyl (C=O) groups excluding carboxylic acids is 1. The molecule has 2 aromatic carbocycles. The monoisotopic (exact) mass is 454 g/mol. The fourth-order valence-electron chi connectivity index (χ4n) is 4.52. The summed E-state index contributed by atoms with van der Waals surface area (Å²) >= 11 is 0. The van der Waals surface area contributed by atoms with Crippen LogP contribution in [0.5, 0.6) is 5.75 Å². The van der Waals surface area contributed by atoms with E-state index in [9.17, 15) is 13.2 Å². The number of piperidine rings is 1. The summed E-state index contributed by atoms with van der Waals surface area (Å²) in [6, 6.07) is 15.8. The third-order valence-electron chi connectivity index (χ3n) is 6.32. The maximum atomic E-state index is 12.7. The molecule has 1 aromatic heterocycles. The molecular formula is C25H30N2O4S. The summed E-state index contributed by atoms with van der Waals surface area (Å²) < 4.78 is 30.3. The molecule has 0 spiro atoms. The lowest BCUT2D eigenvalue weighted by atomic mass is 9.89. The van der Waals surface area contributed by atoms with Gasteiger partial charge in [0.15, 0.2) is 9.84 Å². The lowest BCUT2D eigenvalue weighted by Crippen LogP contribution is -2.41. The maximum absolute atomic E-state index is 12.7. The highest BCUT2D eigenvalue weighted by Gasteiger charge is 2.28. The van der Waals surface area contributed by atoms with Gasteiger partial charge in [-0.3, -0.25) is 4.79 Å². The van der Waals surface area contributed by atoms with E-state index in [1.165, 1.54) is 5.56 Å². The minimum absolute atomic E-state index is 0.0429. The Morgan fingerprint density at radius 1 is 1.12 bits per heavy atom. The Kier molecular flexibility index (Phi) is 6.84. The van der Waals surface area contributed by atoms with Crippen molar-refractivity contribution in [3.63, 3.8) is 0 Å². The third kappa shape index (κ3) is 5.33. The fraction of sp³-hybridized carbons (Fsp3) is 0.400. The van der Waals surface area contributed by atoms with E-state index in [0.29, 0.717) is 31.8 Å². The highest BCUT2D eigenvalue weighted by molar-refractivity contribution is 7.92. The molecule has 32 heavy (non-hydrogen) atoms. The van der Waals surface area contributed by atoms with Crippen molar-refractivity contribution >= 4 is 26.6 Å². The largest absolute Gasteiger partial charge is 0.497 e. The van der Waals surface area contributed by atoms with E-state index >= 15 is 0 Å². The zero-order chi connectivity index (χ0) is 22.6. The van der Waals surface area contributed by atoms with Crippen molar-refractivity contribution < 1.29 is 17.9 Å². The minimum Gasteiger partial charge on any atom is -0.497 e. The first-order valence-electron chi connectivity index (χ1n) is 11.1. The molecule has 0 atom stereocenters. The van der Waals surface area contributed by atoms with Crippen LogP contribution in [0, 0.1) is 0 Å². The second-order valence-electron chi connectivity index (χ2n) is 8.49. The minimum atomic E-state index is -3.40. The number of fused-ring (bicyclic) bond motifs is 1. The van der Waals surface area contributed by atoms with Crippen molar-refractivity contribution in [3.8, 4) is 5.75 Å². The van der Waals surface area contributed by atoms with Gasteiger partial charge in [0.05, 0.1) is 12.9 Å². The normalized spacial score (nSPS) is 15.2. The van der Waals surface area contributed by atoms with Gasteiger partial charge in [-0.05, 0) is 60.9 Å². The van der Waals surface area contributed by atoms with Crippen molar-refractivity contribution in [2.24, 2.45) is 0 Å². The van der Waals surface area contributed by atoms with E-state index in [2.05, 4.69) is 4.98 Å². The van der Waals surface area contributed by atoms with Crippen molar-refractivity contribution in [2.45, 2.75) is 31.6 Å². The molecule has 1 fully saturated rings. The quantitative estimate of drug-likeness (QED) is 0.559. The maximum Gasteiger partial charge on any atom is 0.237 e. The summed E-state index contributed by atoms with van der Waals surface area (Å²) in [7, 11) is -1.74. The van der Waals surface area contributed by atoms with E-state index < -0.39 is 15.6 Å². The number of carbonyl (C=O) groups is 1. The standard InChI is InChI=1S/C25H30N2O4S/c1-31-21-9-10-24-22(16-21)23(17-26-24)20-11-13-27(14-12-20)25(28)18-32(29,30)15-5-8-19-6-3-2-4-7-19/h2-4,6-7,9-10,16-17,20,26H,5,8,11-15,18H2,1H3. The number of rotatable bonds is 8. The summed E-state index contributed by atoms with van der Waals surface area (Å²) in [5.41, 5.74) is 3.42. The number of sulfone groups is 1. The van der Waals surface area contributed by atoms with Gasteiger partial charge in [0, 0.05) is 30.2 Å². The molecule has 170 valence electrons. The van der Waals surface area contributed by atoms with Crippen molar-refractivity contribution in [1.29, 1.82) is 0 Å². The van der Waals surface area contributed by atoms with Gasteiger partial charge in [-0.15, -0.1) is 0 Å². The van der Waals surface area contributed by atoms with Crippen LogP contribution < -0.4 is 4.74 Å². The lowest BCUT2D eigenvalue weighted by Gasteiger charge is -2.32. The van der Waals surface area contributed by atoms with Gasteiger partial charge in [-0.2, -0.15) is 0 Å². The van der Waals surface area contributed by atoms with E-state index in [1.54, 1.807) is 12.0 Å². The zero-order valence-corrected chi connectivity index (χ0v) is 19.2. The van der Waals surface area contributed by atoms with E-state index in [0.717, 1.165) is 35.1 Å². The number of nitrogens with one attached hydrogen (secondary N) is 1. The number of hydrogen-bond donors (Lipinski definition) is 1. The first-order valence-corrected chi connectivity index (χ1v) is 12.9. The number of hydrogen-bond acceptors (Lipinski definition) is 4. The van der Waals surface area contributed by atoms with Gasteiger partial charge >= 0.3 is 0 Å². The Balaban J connectivity index is 1.29. The number of H-pyrrole nitrogens is 1. The molecule has 4 rings (SSSR count). The molecule has 7 heteroatoms.